The minimum Gasteiger partial charge on any atom is -0.454 e. The molecule has 0 bridgehead atoms. The number of ether oxygens (including phenoxy) is 2. The molecule has 49 heavy (non-hydrogen) atoms. The number of nitrogens with one attached hydrogen (secondary N) is 1. The molecule has 9 nitrogen and oxygen atoms in total. The van der Waals surface area contributed by atoms with Gasteiger partial charge in [0.15, 0.2) is 11.5 Å². The number of hydrogen-bond donors (Lipinski definition) is 3. The van der Waals surface area contributed by atoms with Crippen LogP contribution in [0, 0.1) is 5.41 Å². The zero-order chi connectivity index (χ0) is 33.7. The van der Waals surface area contributed by atoms with Crippen LogP contribution in [0.2, 0.25) is 0 Å². The number of nitrogen functional groups attached to an aromatic ring is 1. The van der Waals surface area contributed by atoms with E-state index in [1.165, 1.54) is 0 Å². The first kappa shape index (κ1) is 31.7. The molecule has 0 radical (unpaired) electrons. The summed E-state index contributed by atoms with van der Waals surface area (Å²) >= 11 is 0. The molecular weight excluding hydrogens is 612 g/mol. The summed E-state index contributed by atoms with van der Waals surface area (Å²) in [7, 11) is 0. The van der Waals surface area contributed by atoms with Crippen molar-refractivity contribution in [2.24, 2.45) is 11.5 Å². The number of carbonyl (C=O) groups is 1. The first-order chi connectivity index (χ1) is 23.9. The quantitative estimate of drug-likeness (QED) is 0.107. The lowest BCUT2D eigenvalue weighted by Gasteiger charge is -2.23. The van der Waals surface area contributed by atoms with Gasteiger partial charge in [0.1, 0.15) is 11.7 Å². The van der Waals surface area contributed by atoms with E-state index >= 15 is 0 Å². The van der Waals surface area contributed by atoms with Crippen molar-refractivity contribution in [3.05, 3.63) is 160 Å². The van der Waals surface area contributed by atoms with Crippen LogP contribution in [0.15, 0.2) is 115 Å². The maximum absolute atomic E-state index is 14.2. The molecule has 0 spiro atoms. The van der Waals surface area contributed by atoms with Gasteiger partial charge < -0.3 is 30.4 Å². The zero-order valence-corrected chi connectivity index (χ0v) is 27.1. The highest BCUT2D eigenvalue weighted by Gasteiger charge is 2.21. The Morgan fingerprint density at radius 1 is 0.735 bits per heavy atom. The van der Waals surface area contributed by atoms with E-state index in [1.54, 1.807) is 0 Å². The standard InChI is InChI=1S/C40H38N6O3/c41-22-28-6-8-30(9-7-28)24-45(23-29-4-2-1-3-5-29)40(47)33-16-17-35-34(21-33)44-38(19-13-27-10-14-32(15-11-27)39(42)43)46(35)25-31-12-18-36-37(20-31)49-26-48-36/h1-12,14-18,20-21H,13,19,22-26,41H2,(H3,42,43). The molecule has 1 aromatic heterocycles. The molecule has 1 aliphatic rings. The van der Waals surface area contributed by atoms with Crippen LogP contribution < -0.4 is 20.9 Å². The van der Waals surface area contributed by atoms with Gasteiger partial charge in [0.2, 0.25) is 6.79 Å². The number of aromatic nitrogens is 2. The van der Waals surface area contributed by atoms with Crippen molar-refractivity contribution >= 4 is 22.8 Å². The molecule has 7 rings (SSSR count). The normalized spacial score (nSPS) is 11.9. The highest BCUT2D eigenvalue weighted by molar-refractivity contribution is 5.97. The summed E-state index contributed by atoms with van der Waals surface area (Å²) in [6.07, 6.45) is 1.43. The van der Waals surface area contributed by atoms with Crippen LogP contribution in [0.3, 0.4) is 0 Å². The van der Waals surface area contributed by atoms with Crippen molar-refractivity contribution in [2.75, 3.05) is 6.79 Å². The minimum atomic E-state index is -0.0638. The SMILES string of the molecule is N=C(N)c1ccc(CCc2nc3cc(C(=O)N(Cc4ccccc4)Cc4ccc(CN)cc4)ccc3n2Cc2ccc3c(c2)OCO3)cc1. The van der Waals surface area contributed by atoms with Gasteiger partial charge in [0, 0.05) is 43.7 Å². The number of carbonyl (C=O) groups excluding carboxylic acids is 1. The third-order valence-electron chi connectivity index (χ3n) is 8.89. The molecule has 0 aliphatic carbocycles. The molecule has 0 fully saturated rings. The van der Waals surface area contributed by atoms with Crippen molar-refractivity contribution < 1.29 is 14.3 Å². The maximum Gasteiger partial charge on any atom is 0.254 e. The van der Waals surface area contributed by atoms with Crippen LogP contribution in [0.5, 0.6) is 11.5 Å². The van der Waals surface area contributed by atoms with Gasteiger partial charge in [0.25, 0.3) is 5.91 Å². The third kappa shape index (κ3) is 7.17. The van der Waals surface area contributed by atoms with Gasteiger partial charge in [-0.15, -0.1) is 0 Å². The molecule has 1 aliphatic heterocycles. The van der Waals surface area contributed by atoms with E-state index in [-0.39, 0.29) is 18.5 Å². The lowest BCUT2D eigenvalue weighted by atomic mass is 10.1. The van der Waals surface area contributed by atoms with Gasteiger partial charge in [-0.1, -0.05) is 84.9 Å². The predicted octanol–water partition coefficient (Wildman–Crippen LogP) is 6.18. The van der Waals surface area contributed by atoms with E-state index < -0.39 is 0 Å². The largest absolute Gasteiger partial charge is 0.454 e. The van der Waals surface area contributed by atoms with Gasteiger partial charge in [-0.2, -0.15) is 0 Å². The fourth-order valence-electron chi connectivity index (χ4n) is 6.20. The van der Waals surface area contributed by atoms with Crippen molar-refractivity contribution in [3.8, 4) is 11.5 Å². The first-order valence-corrected chi connectivity index (χ1v) is 16.4. The highest BCUT2D eigenvalue weighted by atomic mass is 16.7. The van der Waals surface area contributed by atoms with Crippen LogP contribution in [0.1, 0.15) is 49.6 Å². The predicted molar refractivity (Wildman–Crippen MR) is 191 cm³/mol. The van der Waals surface area contributed by atoms with Crippen LogP contribution in [0.25, 0.3) is 11.0 Å². The fraction of sp³-hybridized carbons (Fsp3) is 0.175. The number of nitrogens with two attached hydrogens (primary N) is 2. The molecule has 0 saturated heterocycles. The van der Waals surface area contributed by atoms with E-state index in [9.17, 15) is 4.79 Å². The molecule has 0 atom stereocenters. The van der Waals surface area contributed by atoms with Gasteiger partial charge in [-0.05, 0) is 64.6 Å². The molecular formula is C40H38N6O3. The van der Waals surface area contributed by atoms with E-state index in [0.29, 0.717) is 43.7 Å². The molecule has 246 valence electrons. The number of hydrogen-bond acceptors (Lipinski definition) is 6. The van der Waals surface area contributed by atoms with Crippen LogP contribution in [0.4, 0.5) is 0 Å². The second kappa shape index (κ2) is 14.0. The van der Waals surface area contributed by atoms with E-state index in [0.717, 1.165) is 62.6 Å². The fourth-order valence-corrected chi connectivity index (χ4v) is 6.20. The summed E-state index contributed by atoms with van der Waals surface area (Å²) in [5, 5.41) is 7.70. The molecule has 5 N–H and O–H groups in total. The van der Waals surface area contributed by atoms with Crippen LogP contribution >= 0.6 is 0 Å². The Hall–Kier alpha value is -5.93. The molecule has 0 unspecified atom stereocenters. The van der Waals surface area contributed by atoms with E-state index in [1.807, 2.05) is 120 Å². The number of rotatable bonds is 12. The van der Waals surface area contributed by atoms with Crippen molar-refractivity contribution in [2.45, 2.75) is 39.0 Å². The van der Waals surface area contributed by atoms with Crippen LogP contribution in [-0.2, 0) is 39.0 Å². The Balaban J connectivity index is 1.21. The van der Waals surface area contributed by atoms with Gasteiger partial charge >= 0.3 is 0 Å². The lowest BCUT2D eigenvalue weighted by molar-refractivity contribution is 0.0730. The van der Waals surface area contributed by atoms with E-state index in [2.05, 4.69) is 4.57 Å². The molecule has 0 saturated carbocycles. The van der Waals surface area contributed by atoms with Crippen LogP contribution in [-0.4, -0.2) is 33.0 Å². The smallest absolute Gasteiger partial charge is 0.254 e. The molecule has 1 amide bonds. The average Bonchev–Trinajstić information content (AvgIpc) is 3.74. The second-order valence-corrected chi connectivity index (χ2v) is 12.3. The Morgan fingerprint density at radius 3 is 2.12 bits per heavy atom. The first-order valence-electron chi connectivity index (χ1n) is 16.4. The average molecular weight is 651 g/mol. The summed E-state index contributed by atoms with van der Waals surface area (Å²) in [5.74, 6) is 2.37. The Morgan fingerprint density at radius 2 is 1.39 bits per heavy atom. The molecule has 9 heteroatoms. The minimum absolute atomic E-state index is 0.0502. The topological polar surface area (TPSA) is 132 Å². The van der Waals surface area contributed by atoms with Crippen molar-refractivity contribution in [1.29, 1.82) is 5.41 Å². The van der Waals surface area contributed by atoms with Crippen molar-refractivity contribution in [1.82, 2.24) is 14.5 Å². The number of fused-ring (bicyclic) bond motifs is 2. The third-order valence-corrected chi connectivity index (χ3v) is 8.89. The number of benzene rings is 5. The van der Waals surface area contributed by atoms with Gasteiger partial charge in [-0.25, -0.2) is 4.98 Å². The molecule has 6 aromatic rings. The highest BCUT2D eigenvalue weighted by Crippen LogP contribution is 2.33. The summed E-state index contributed by atoms with van der Waals surface area (Å²) in [6.45, 7) is 2.21. The number of imidazole rings is 1. The maximum atomic E-state index is 14.2. The summed E-state index contributed by atoms with van der Waals surface area (Å²) in [4.78, 5) is 21.2. The summed E-state index contributed by atoms with van der Waals surface area (Å²) in [6, 6.07) is 37.7. The molecule has 2 heterocycles. The molecule has 5 aromatic carbocycles. The van der Waals surface area contributed by atoms with Crippen molar-refractivity contribution in [3.63, 3.8) is 0 Å². The summed E-state index contributed by atoms with van der Waals surface area (Å²) in [5.41, 5.74) is 19.8. The number of aryl methyl sites for hydroxylation is 2. The zero-order valence-electron chi connectivity index (χ0n) is 27.1. The summed E-state index contributed by atoms with van der Waals surface area (Å²) < 4.78 is 13.4. The number of amidine groups is 1. The Bertz CT molecular complexity index is 2110. The van der Waals surface area contributed by atoms with E-state index in [4.69, 9.17) is 31.3 Å². The Kier molecular flexibility index (Phi) is 9.08. The van der Waals surface area contributed by atoms with Gasteiger partial charge in [-0.3, -0.25) is 10.2 Å². The van der Waals surface area contributed by atoms with Gasteiger partial charge in [0.05, 0.1) is 11.0 Å². The monoisotopic (exact) mass is 650 g/mol. The lowest BCUT2D eigenvalue weighted by Crippen LogP contribution is -2.30. The number of nitrogens with zero attached hydrogens (tertiary/aromatic N) is 3. The number of amides is 1. The second-order valence-electron chi connectivity index (χ2n) is 12.3. The Labute approximate surface area is 285 Å².